The lowest BCUT2D eigenvalue weighted by Crippen LogP contribution is -2.58. The summed E-state index contributed by atoms with van der Waals surface area (Å²) in [7, 11) is -3.70. The average molecular weight is 404 g/mol. The zero-order valence-electron chi connectivity index (χ0n) is 16.4. The number of rotatable bonds is 4. The van der Waals surface area contributed by atoms with Crippen molar-refractivity contribution < 1.29 is 13.2 Å². The standard InChI is InChI=1S/C21H29N3O3S/c1-13-4-5-18(12-22-13)28(26,27)24-6-2-3-19(24)21(25)23-20-16-8-14-7-15(10-16)11-17(20)9-14/h4-5,12,14-17,19-20H,2-3,6-11H2,1H3,(H,23,25). The fourth-order valence-corrected chi connectivity index (χ4v) is 8.06. The van der Waals surface area contributed by atoms with Crippen molar-refractivity contribution in [3.8, 4) is 0 Å². The number of aromatic nitrogens is 1. The van der Waals surface area contributed by atoms with E-state index in [1.807, 2.05) is 6.92 Å². The minimum Gasteiger partial charge on any atom is -0.351 e. The summed E-state index contributed by atoms with van der Waals surface area (Å²) in [6.45, 7) is 2.23. The zero-order chi connectivity index (χ0) is 19.5. The number of hydrogen-bond acceptors (Lipinski definition) is 4. The first-order valence-corrected chi connectivity index (χ1v) is 12.1. The number of aryl methyl sites for hydroxylation is 1. The molecule has 1 aliphatic heterocycles. The molecule has 6 rings (SSSR count). The summed E-state index contributed by atoms with van der Waals surface area (Å²) in [5, 5.41) is 3.31. The quantitative estimate of drug-likeness (QED) is 0.838. The second-order valence-corrected chi connectivity index (χ2v) is 11.3. The van der Waals surface area contributed by atoms with E-state index in [1.54, 1.807) is 12.1 Å². The Morgan fingerprint density at radius 2 is 1.79 bits per heavy atom. The molecule has 0 spiro atoms. The van der Waals surface area contributed by atoms with Gasteiger partial charge in [0.2, 0.25) is 15.9 Å². The topological polar surface area (TPSA) is 79.4 Å². The predicted molar refractivity (Wildman–Crippen MR) is 105 cm³/mol. The Labute approximate surface area is 167 Å². The summed E-state index contributed by atoms with van der Waals surface area (Å²) in [6, 6.07) is 2.94. The lowest BCUT2D eigenvalue weighted by atomic mass is 9.54. The largest absolute Gasteiger partial charge is 0.351 e. The lowest BCUT2D eigenvalue weighted by Gasteiger charge is -2.54. The summed E-state index contributed by atoms with van der Waals surface area (Å²) >= 11 is 0. The number of nitrogens with zero attached hydrogens (tertiary/aromatic N) is 2. The van der Waals surface area contributed by atoms with E-state index in [4.69, 9.17) is 0 Å². The Balaban J connectivity index is 1.32. The van der Waals surface area contributed by atoms with Crippen LogP contribution in [-0.2, 0) is 14.8 Å². The van der Waals surface area contributed by atoms with Crippen LogP contribution in [0.2, 0.25) is 0 Å². The van der Waals surface area contributed by atoms with Crippen LogP contribution < -0.4 is 5.32 Å². The molecule has 6 nitrogen and oxygen atoms in total. The number of amides is 1. The first-order chi connectivity index (χ1) is 13.4. The van der Waals surface area contributed by atoms with Gasteiger partial charge in [-0.15, -0.1) is 0 Å². The zero-order valence-corrected chi connectivity index (χ0v) is 17.2. The third-order valence-electron chi connectivity index (χ3n) is 7.53. The first kappa shape index (κ1) is 18.6. The van der Waals surface area contributed by atoms with Crippen LogP contribution in [0, 0.1) is 30.6 Å². The number of sulfonamides is 1. The third kappa shape index (κ3) is 3.07. The fraction of sp³-hybridized carbons (Fsp3) is 0.714. The number of nitrogens with one attached hydrogen (secondary N) is 1. The van der Waals surface area contributed by atoms with Gasteiger partial charge in [0.25, 0.3) is 0 Å². The van der Waals surface area contributed by atoms with Gasteiger partial charge >= 0.3 is 0 Å². The van der Waals surface area contributed by atoms with Gasteiger partial charge in [0.05, 0.1) is 0 Å². The Hall–Kier alpha value is -1.47. The van der Waals surface area contributed by atoms with Crippen molar-refractivity contribution in [2.24, 2.45) is 23.7 Å². The highest BCUT2D eigenvalue weighted by Crippen LogP contribution is 2.53. The lowest BCUT2D eigenvalue weighted by molar-refractivity contribution is -0.128. The van der Waals surface area contributed by atoms with Crippen molar-refractivity contribution in [1.82, 2.24) is 14.6 Å². The Bertz CT molecular complexity index is 839. The highest BCUT2D eigenvalue weighted by molar-refractivity contribution is 7.89. The maximum Gasteiger partial charge on any atom is 0.245 e. The monoisotopic (exact) mass is 403 g/mol. The van der Waals surface area contributed by atoms with E-state index in [-0.39, 0.29) is 16.8 Å². The summed E-state index contributed by atoms with van der Waals surface area (Å²) in [5.41, 5.74) is 0.775. The summed E-state index contributed by atoms with van der Waals surface area (Å²) in [5.74, 6) is 2.79. The SMILES string of the molecule is Cc1ccc(S(=O)(=O)N2CCCC2C(=O)NC2C3CC4CC(C3)CC2C4)cn1. The molecule has 0 radical (unpaired) electrons. The van der Waals surface area contributed by atoms with Crippen molar-refractivity contribution in [2.75, 3.05) is 6.54 Å². The molecule has 1 aromatic heterocycles. The number of carbonyl (C=O) groups excluding carboxylic acids is 1. The van der Waals surface area contributed by atoms with E-state index >= 15 is 0 Å². The van der Waals surface area contributed by atoms with E-state index < -0.39 is 16.1 Å². The molecular formula is C21H29N3O3S. The van der Waals surface area contributed by atoms with Crippen LogP contribution in [0.4, 0.5) is 0 Å². The maximum atomic E-state index is 13.1. The van der Waals surface area contributed by atoms with Crippen LogP contribution in [0.15, 0.2) is 23.2 Å². The molecule has 0 aromatic carbocycles. The van der Waals surface area contributed by atoms with Gasteiger partial charge < -0.3 is 5.32 Å². The van der Waals surface area contributed by atoms with Crippen molar-refractivity contribution in [3.63, 3.8) is 0 Å². The summed E-state index contributed by atoms with van der Waals surface area (Å²) < 4.78 is 27.6. The number of hydrogen-bond donors (Lipinski definition) is 1. The van der Waals surface area contributed by atoms with E-state index in [0.29, 0.717) is 24.8 Å². The van der Waals surface area contributed by atoms with Gasteiger partial charge in [-0.25, -0.2) is 8.42 Å². The third-order valence-corrected chi connectivity index (χ3v) is 9.42. The van der Waals surface area contributed by atoms with E-state index in [9.17, 15) is 13.2 Å². The van der Waals surface area contributed by atoms with E-state index in [2.05, 4.69) is 10.3 Å². The molecule has 4 aliphatic carbocycles. The molecule has 2 heterocycles. The molecule has 1 saturated heterocycles. The van der Waals surface area contributed by atoms with Gasteiger partial charge in [0.15, 0.2) is 0 Å². The van der Waals surface area contributed by atoms with Crippen LogP contribution in [0.1, 0.15) is 50.6 Å². The van der Waals surface area contributed by atoms with Crippen LogP contribution in [0.25, 0.3) is 0 Å². The molecule has 28 heavy (non-hydrogen) atoms. The van der Waals surface area contributed by atoms with Gasteiger partial charge in [0.1, 0.15) is 10.9 Å². The highest BCUT2D eigenvalue weighted by atomic mass is 32.2. The molecule has 1 aromatic rings. The molecule has 1 atom stereocenters. The van der Waals surface area contributed by atoms with Crippen molar-refractivity contribution in [3.05, 3.63) is 24.0 Å². The van der Waals surface area contributed by atoms with Crippen molar-refractivity contribution in [2.45, 2.75) is 68.8 Å². The van der Waals surface area contributed by atoms with Crippen molar-refractivity contribution >= 4 is 15.9 Å². The number of pyridine rings is 1. The smallest absolute Gasteiger partial charge is 0.245 e. The van der Waals surface area contributed by atoms with Crippen LogP contribution >= 0.6 is 0 Å². The van der Waals surface area contributed by atoms with E-state index in [0.717, 1.165) is 24.0 Å². The minimum atomic E-state index is -3.70. The molecule has 1 amide bonds. The Kier molecular flexibility index (Phi) is 4.51. The molecule has 5 aliphatic rings. The maximum absolute atomic E-state index is 13.1. The predicted octanol–water partition coefficient (Wildman–Crippen LogP) is 2.48. The Morgan fingerprint density at radius 1 is 1.11 bits per heavy atom. The second-order valence-electron chi connectivity index (χ2n) is 9.37. The van der Waals surface area contributed by atoms with Crippen molar-refractivity contribution in [1.29, 1.82) is 0 Å². The first-order valence-electron chi connectivity index (χ1n) is 10.7. The molecule has 1 N–H and O–H groups in total. The molecule has 4 saturated carbocycles. The molecule has 1 unspecified atom stereocenters. The van der Waals surface area contributed by atoms with Gasteiger partial charge in [-0.05, 0) is 87.7 Å². The van der Waals surface area contributed by atoms with Crippen LogP contribution in [-0.4, -0.2) is 42.2 Å². The normalized spacial score (nSPS) is 37.3. The molecule has 152 valence electrons. The molecule has 5 fully saturated rings. The van der Waals surface area contributed by atoms with E-state index in [1.165, 1.54) is 42.6 Å². The average Bonchev–Trinajstić information content (AvgIpc) is 3.15. The van der Waals surface area contributed by atoms with Crippen LogP contribution in [0.3, 0.4) is 0 Å². The summed E-state index contributed by atoms with van der Waals surface area (Å²) in [6.07, 6.45) is 9.04. The van der Waals surface area contributed by atoms with Gasteiger partial charge in [-0.3, -0.25) is 9.78 Å². The Morgan fingerprint density at radius 3 is 2.39 bits per heavy atom. The fourth-order valence-electron chi connectivity index (χ4n) is 6.45. The molecule has 7 heteroatoms. The van der Waals surface area contributed by atoms with Gasteiger partial charge in [0, 0.05) is 24.5 Å². The summed E-state index contributed by atoms with van der Waals surface area (Å²) in [4.78, 5) is 17.4. The second kappa shape index (κ2) is 6.80. The van der Waals surface area contributed by atoms with Gasteiger partial charge in [-0.2, -0.15) is 4.31 Å². The number of carbonyl (C=O) groups is 1. The highest BCUT2D eigenvalue weighted by Gasteiger charge is 2.49. The van der Waals surface area contributed by atoms with Gasteiger partial charge in [-0.1, -0.05) is 0 Å². The molecule has 4 bridgehead atoms. The molecular weight excluding hydrogens is 374 g/mol. The van der Waals surface area contributed by atoms with Crippen LogP contribution in [0.5, 0.6) is 0 Å². The minimum absolute atomic E-state index is 0.0985.